The van der Waals surface area contributed by atoms with Gasteiger partial charge in [0, 0.05) is 6.07 Å². The third-order valence-corrected chi connectivity index (χ3v) is 1.70. The van der Waals surface area contributed by atoms with Gasteiger partial charge >= 0.3 is 0 Å². The van der Waals surface area contributed by atoms with E-state index < -0.39 is 0 Å². The van der Waals surface area contributed by atoms with Gasteiger partial charge in [0.1, 0.15) is 5.75 Å². The smallest absolute Gasteiger partial charge is 0.298 e. The van der Waals surface area contributed by atoms with Gasteiger partial charge in [0.2, 0.25) is 0 Å². The quantitative estimate of drug-likeness (QED) is 0.674. The summed E-state index contributed by atoms with van der Waals surface area (Å²) in [5.41, 5.74) is 0. The summed E-state index contributed by atoms with van der Waals surface area (Å²) in [6.07, 6.45) is 0. The highest BCUT2D eigenvalue weighted by Gasteiger charge is 2.06. The standard InChI is InChI=1S/C11H14O4/c1-3-13-9-5-6-10(14-4-2)11(7-9)15-8-12/h5-8H,3-4H2,1-2H3. The monoisotopic (exact) mass is 210 g/mol. The zero-order chi connectivity index (χ0) is 11.1. The normalized spacial score (nSPS) is 9.47. The van der Waals surface area contributed by atoms with Gasteiger partial charge in [-0.1, -0.05) is 0 Å². The Morgan fingerprint density at radius 3 is 2.47 bits per heavy atom. The molecule has 82 valence electrons. The summed E-state index contributed by atoms with van der Waals surface area (Å²) in [5, 5.41) is 0. The molecular formula is C11H14O4. The molecule has 0 unspecified atom stereocenters. The van der Waals surface area contributed by atoms with E-state index in [4.69, 9.17) is 14.2 Å². The molecule has 1 aromatic rings. The molecule has 0 aliphatic rings. The molecule has 0 saturated heterocycles. The van der Waals surface area contributed by atoms with Crippen LogP contribution in [0, 0.1) is 0 Å². The molecule has 0 spiro atoms. The molecule has 15 heavy (non-hydrogen) atoms. The van der Waals surface area contributed by atoms with Gasteiger partial charge in [-0.25, -0.2) is 0 Å². The van der Waals surface area contributed by atoms with Crippen LogP contribution in [0.15, 0.2) is 18.2 Å². The largest absolute Gasteiger partial charge is 0.494 e. The molecule has 0 aromatic heterocycles. The van der Waals surface area contributed by atoms with Crippen molar-refractivity contribution >= 4 is 6.47 Å². The van der Waals surface area contributed by atoms with Crippen molar-refractivity contribution in [2.24, 2.45) is 0 Å². The van der Waals surface area contributed by atoms with Crippen molar-refractivity contribution in [1.29, 1.82) is 0 Å². The summed E-state index contributed by atoms with van der Waals surface area (Å²) in [5.74, 6) is 1.56. The van der Waals surface area contributed by atoms with Gasteiger partial charge in [-0.05, 0) is 26.0 Å². The number of ether oxygens (including phenoxy) is 3. The Morgan fingerprint density at radius 2 is 1.87 bits per heavy atom. The highest BCUT2D eigenvalue weighted by molar-refractivity contribution is 5.53. The second-order valence-electron chi connectivity index (χ2n) is 2.69. The first kappa shape index (κ1) is 11.4. The highest BCUT2D eigenvalue weighted by atomic mass is 16.5. The molecule has 0 aliphatic carbocycles. The summed E-state index contributed by atoms with van der Waals surface area (Å²) >= 11 is 0. The average molecular weight is 210 g/mol. The number of carbonyl (C=O) groups is 1. The van der Waals surface area contributed by atoms with E-state index >= 15 is 0 Å². The van der Waals surface area contributed by atoms with Crippen LogP contribution in [0.1, 0.15) is 13.8 Å². The highest BCUT2D eigenvalue weighted by Crippen LogP contribution is 2.31. The van der Waals surface area contributed by atoms with Gasteiger partial charge in [0.05, 0.1) is 13.2 Å². The fraction of sp³-hybridized carbons (Fsp3) is 0.364. The van der Waals surface area contributed by atoms with Gasteiger partial charge < -0.3 is 14.2 Å². The zero-order valence-corrected chi connectivity index (χ0v) is 8.86. The Kier molecular flexibility index (Phi) is 4.47. The molecule has 0 saturated carbocycles. The lowest BCUT2D eigenvalue weighted by molar-refractivity contribution is -0.120. The van der Waals surface area contributed by atoms with Crippen molar-refractivity contribution in [2.75, 3.05) is 13.2 Å². The molecule has 0 heterocycles. The van der Waals surface area contributed by atoms with Crippen LogP contribution < -0.4 is 14.2 Å². The molecular weight excluding hydrogens is 196 g/mol. The van der Waals surface area contributed by atoms with Crippen LogP contribution >= 0.6 is 0 Å². The van der Waals surface area contributed by atoms with Gasteiger partial charge in [-0.15, -0.1) is 0 Å². The van der Waals surface area contributed by atoms with E-state index in [0.717, 1.165) is 0 Å². The van der Waals surface area contributed by atoms with E-state index in [1.54, 1.807) is 18.2 Å². The third kappa shape index (κ3) is 3.16. The maximum atomic E-state index is 10.3. The Balaban J connectivity index is 2.91. The molecule has 0 N–H and O–H groups in total. The van der Waals surface area contributed by atoms with Crippen LogP contribution in [0.3, 0.4) is 0 Å². The van der Waals surface area contributed by atoms with Crippen molar-refractivity contribution in [3.63, 3.8) is 0 Å². The number of hydrogen-bond acceptors (Lipinski definition) is 4. The fourth-order valence-electron chi connectivity index (χ4n) is 1.16. The summed E-state index contributed by atoms with van der Waals surface area (Å²) in [4.78, 5) is 10.3. The van der Waals surface area contributed by atoms with E-state index in [-0.39, 0.29) is 0 Å². The number of benzene rings is 1. The summed E-state index contributed by atoms with van der Waals surface area (Å²) < 4.78 is 15.3. The first-order valence-electron chi connectivity index (χ1n) is 4.81. The molecule has 0 fully saturated rings. The van der Waals surface area contributed by atoms with Crippen molar-refractivity contribution < 1.29 is 19.0 Å². The summed E-state index contributed by atoms with van der Waals surface area (Å²) in [6.45, 7) is 5.20. The van der Waals surface area contributed by atoms with Crippen molar-refractivity contribution in [2.45, 2.75) is 13.8 Å². The minimum absolute atomic E-state index is 0.369. The van der Waals surface area contributed by atoms with Gasteiger partial charge in [-0.2, -0.15) is 0 Å². The van der Waals surface area contributed by atoms with Crippen LogP contribution in [0.5, 0.6) is 17.2 Å². The van der Waals surface area contributed by atoms with Crippen molar-refractivity contribution in [3.8, 4) is 17.2 Å². The second kappa shape index (κ2) is 5.90. The van der Waals surface area contributed by atoms with E-state index in [2.05, 4.69) is 0 Å². The number of carbonyl (C=O) groups excluding carboxylic acids is 1. The van der Waals surface area contributed by atoms with Crippen LogP contribution in [-0.4, -0.2) is 19.7 Å². The second-order valence-corrected chi connectivity index (χ2v) is 2.69. The average Bonchev–Trinajstić information content (AvgIpc) is 2.23. The third-order valence-electron chi connectivity index (χ3n) is 1.70. The Morgan fingerprint density at radius 1 is 1.13 bits per heavy atom. The van der Waals surface area contributed by atoms with E-state index in [1.807, 2.05) is 13.8 Å². The topological polar surface area (TPSA) is 44.8 Å². The molecule has 0 atom stereocenters. The Labute approximate surface area is 88.8 Å². The van der Waals surface area contributed by atoms with Crippen LogP contribution in [0.4, 0.5) is 0 Å². The number of rotatable bonds is 6. The molecule has 1 rings (SSSR count). The summed E-state index contributed by atoms with van der Waals surface area (Å²) in [6, 6.07) is 5.11. The minimum atomic E-state index is 0.369. The number of hydrogen-bond donors (Lipinski definition) is 0. The fourth-order valence-corrected chi connectivity index (χ4v) is 1.16. The van der Waals surface area contributed by atoms with Crippen molar-refractivity contribution in [3.05, 3.63) is 18.2 Å². The zero-order valence-electron chi connectivity index (χ0n) is 8.86. The van der Waals surface area contributed by atoms with Crippen LogP contribution in [-0.2, 0) is 4.79 Å². The van der Waals surface area contributed by atoms with E-state index in [1.165, 1.54) is 0 Å². The maximum absolute atomic E-state index is 10.3. The first-order chi connectivity index (χ1) is 7.31. The lowest BCUT2D eigenvalue weighted by atomic mass is 10.3. The lowest BCUT2D eigenvalue weighted by Crippen LogP contribution is -1.98. The Bertz CT molecular complexity index is 322. The minimum Gasteiger partial charge on any atom is -0.494 e. The molecule has 0 bridgehead atoms. The van der Waals surface area contributed by atoms with Crippen LogP contribution in [0.25, 0.3) is 0 Å². The molecule has 0 radical (unpaired) electrons. The predicted octanol–water partition coefficient (Wildman–Crippen LogP) is 2.02. The lowest BCUT2D eigenvalue weighted by Gasteiger charge is -2.10. The predicted molar refractivity (Wildman–Crippen MR) is 55.5 cm³/mol. The van der Waals surface area contributed by atoms with Gasteiger partial charge in [0.25, 0.3) is 6.47 Å². The molecule has 1 aromatic carbocycles. The van der Waals surface area contributed by atoms with Gasteiger partial charge in [0.15, 0.2) is 11.5 Å². The molecule has 0 aliphatic heterocycles. The maximum Gasteiger partial charge on any atom is 0.298 e. The van der Waals surface area contributed by atoms with E-state index in [0.29, 0.717) is 36.9 Å². The van der Waals surface area contributed by atoms with Gasteiger partial charge in [-0.3, -0.25) is 4.79 Å². The SMILES string of the molecule is CCOc1ccc(OCC)c(OC=O)c1. The molecule has 4 nitrogen and oxygen atoms in total. The van der Waals surface area contributed by atoms with Crippen LogP contribution in [0.2, 0.25) is 0 Å². The summed E-state index contributed by atoms with van der Waals surface area (Å²) in [7, 11) is 0. The molecule has 4 heteroatoms. The molecule has 0 amide bonds. The first-order valence-corrected chi connectivity index (χ1v) is 4.81. The van der Waals surface area contributed by atoms with E-state index in [9.17, 15) is 4.79 Å². The Hall–Kier alpha value is -1.71. The van der Waals surface area contributed by atoms with Crippen molar-refractivity contribution in [1.82, 2.24) is 0 Å².